The third-order valence-electron chi connectivity index (χ3n) is 4.24. The number of amides is 1. The molecular formula is C19H16ClFN4O2S. The van der Waals surface area contributed by atoms with Crippen LogP contribution in [0, 0.1) is 5.82 Å². The number of halogens is 2. The molecule has 0 bridgehead atoms. The molecule has 0 unspecified atom stereocenters. The Hall–Kier alpha value is -2.55. The van der Waals surface area contributed by atoms with Crippen LogP contribution in [-0.4, -0.2) is 42.2 Å². The van der Waals surface area contributed by atoms with Crippen LogP contribution in [0.3, 0.4) is 0 Å². The summed E-state index contributed by atoms with van der Waals surface area (Å²) >= 11 is 7.33. The minimum Gasteiger partial charge on any atom is -0.378 e. The van der Waals surface area contributed by atoms with E-state index in [1.54, 1.807) is 11.6 Å². The van der Waals surface area contributed by atoms with Crippen LogP contribution in [0.2, 0.25) is 5.02 Å². The van der Waals surface area contributed by atoms with E-state index in [0.717, 1.165) is 30.5 Å². The number of morpholine rings is 1. The Morgan fingerprint density at radius 2 is 2.07 bits per heavy atom. The first-order valence-corrected chi connectivity index (χ1v) is 9.87. The zero-order chi connectivity index (χ0) is 19.5. The Morgan fingerprint density at radius 3 is 2.86 bits per heavy atom. The van der Waals surface area contributed by atoms with E-state index in [9.17, 15) is 9.18 Å². The number of nitrogens with one attached hydrogen (secondary N) is 1. The zero-order valence-electron chi connectivity index (χ0n) is 14.7. The van der Waals surface area contributed by atoms with Crippen molar-refractivity contribution in [2.24, 2.45) is 0 Å². The van der Waals surface area contributed by atoms with Crippen molar-refractivity contribution in [3.8, 4) is 10.6 Å². The fraction of sp³-hybridized carbons (Fsp3) is 0.211. The van der Waals surface area contributed by atoms with Crippen molar-refractivity contribution in [2.45, 2.75) is 0 Å². The molecule has 1 aliphatic heterocycles. The summed E-state index contributed by atoms with van der Waals surface area (Å²) in [6.07, 6.45) is 1.74. The molecule has 3 aromatic rings. The van der Waals surface area contributed by atoms with Gasteiger partial charge in [0, 0.05) is 30.2 Å². The molecule has 2 aromatic heterocycles. The summed E-state index contributed by atoms with van der Waals surface area (Å²) < 4.78 is 18.5. The number of anilines is 2. The fourth-order valence-electron chi connectivity index (χ4n) is 2.80. The van der Waals surface area contributed by atoms with Gasteiger partial charge in [0.25, 0.3) is 5.91 Å². The highest BCUT2D eigenvalue weighted by atomic mass is 35.5. The van der Waals surface area contributed by atoms with Crippen LogP contribution in [0.25, 0.3) is 10.6 Å². The Balaban J connectivity index is 1.51. The van der Waals surface area contributed by atoms with Gasteiger partial charge in [0.05, 0.1) is 23.9 Å². The van der Waals surface area contributed by atoms with E-state index < -0.39 is 11.7 Å². The van der Waals surface area contributed by atoms with E-state index in [0.29, 0.717) is 23.9 Å². The molecule has 0 aliphatic carbocycles. The molecule has 3 heterocycles. The molecule has 1 aromatic carbocycles. The highest BCUT2D eigenvalue weighted by Crippen LogP contribution is 2.28. The highest BCUT2D eigenvalue weighted by molar-refractivity contribution is 7.13. The Morgan fingerprint density at radius 1 is 1.25 bits per heavy atom. The lowest BCUT2D eigenvalue weighted by Crippen LogP contribution is -2.36. The summed E-state index contributed by atoms with van der Waals surface area (Å²) in [5.74, 6) is -0.00809. The molecule has 1 N–H and O–H groups in total. The number of aromatic nitrogens is 2. The second-order valence-corrected chi connectivity index (χ2v) is 7.38. The number of rotatable bonds is 4. The summed E-state index contributed by atoms with van der Waals surface area (Å²) in [4.78, 5) is 23.5. The molecule has 0 saturated carbocycles. The molecule has 0 radical (unpaired) electrons. The quantitative estimate of drug-likeness (QED) is 0.691. The van der Waals surface area contributed by atoms with Crippen LogP contribution < -0.4 is 10.2 Å². The van der Waals surface area contributed by atoms with Gasteiger partial charge in [0.2, 0.25) is 0 Å². The second kappa shape index (κ2) is 8.22. The number of hydrogen-bond acceptors (Lipinski definition) is 6. The van der Waals surface area contributed by atoms with Crippen LogP contribution in [0.1, 0.15) is 10.5 Å². The maximum Gasteiger partial charge on any atom is 0.275 e. The van der Waals surface area contributed by atoms with E-state index >= 15 is 0 Å². The number of pyridine rings is 1. The van der Waals surface area contributed by atoms with Crippen molar-refractivity contribution in [2.75, 3.05) is 36.5 Å². The molecule has 4 rings (SSSR count). The highest BCUT2D eigenvalue weighted by Gasteiger charge is 2.16. The SMILES string of the molecule is O=C(Nc1ccc(F)cc1Cl)c1csc(-c2ccnc(N3CCOCC3)c2)n1. The fourth-order valence-corrected chi connectivity index (χ4v) is 3.82. The van der Waals surface area contributed by atoms with Crippen LogP contribution >= 0.6 is 22.9 Å². The number of thiazole rings is 1. The van der Waals surface area contributed by atoms with E-state index in [1.165, 1.54) is 23.5 Å². The van der Waals surface area contributed by atoms with Gasteiger partial charge < -0.3 is 15.0 Å². The van der Waals surface area contributed by atoms with Gasteiger partial charge in [-0.25, -0.2) is 14.4 Å². The average molecular weight is 419 g/mol. The van der Waals surface area contributed by atoms with E-state index in [4.69, 9.17) is 16.3 Å². The first-order chi connectivity index (χ1) is 13.6. The topological polar surface area (TPSA) is 67.4 Å². The number of benzene rings is 1. The molecule has 1 fully saturated rings. The lowest BCUT2D eigenvalue weighted by atomic mass is 10.2. The molecular weight excluding hydrogens is 403 g/mol. The number of carbonyl (C=O) groups excluding carboxylic acids is 1. The van der Waals surface area contributed by atoms with Gasteiger partial charge in [0.1, 0.15) is 22.3 Å². The molecule has 6 nitrogen and oxygen atoms in total. The zero-order valence-corrected chi connectivity index (χ0v) is 16.3. The van der Waals surface area contributed by atoms with Crippen LogP contribution in [-0.2, 0) is 4.74 Å². The van der Waals surface area contributed by atoms with Crippen LogP contribution in [0.15, 0.2) is 41.9 Å². The van der Waals surface area contributed by atoms with Gasteiger partial charge in [-0.3, -0.25) is 4.79 Å². The Kier molecular flexibility index (Phi) is 5.52. The smallest absolute Gasteiger partial charge is 0.275 e. The van der Waals surface area contributed by atoms with Gasteiger partial charge in [-0.15, -0.1) is 11.3 Å². The van der Waals surface area contributed by atoms with Crippen molar-refractivity contribution in [3.63, 3.8) is 0 Å². The van der Waals surface area contributed by atoms with Gasteiger partial charge in [-0.05, 0) is 30.3 Å². The van der Waals surface area contributed by atoms with Gasteiger partial charge in [0.15, 0.2) is 0 Å². The number of hydrogen-bond donors (Lipinski definition) is 1. The number of ether oxygens (including phenoxy) is 1. The molecule has 9 heteroatoms. The summed E-state index contributed by atoms with van der Waals surface area (Å²) in [7, 11) is 0. The predicted molar refractivity (Wildman–Crippen MR) is 108 cm³/mol. The van der Waals surface area contributed by atoms with E-state index in [1.807, 2.05) is 12.1 Å². The monoisotopic (exact) mass is 418 g/mol. The number of carbonyl (C=O) groups is 1. The van der Waals surface area contributed by atoms with Gasteiger partial charge in [-0.2, -0.15) is 0 Å². The summed E-state index contributed by atoms with van der Waals surface area (Å²) in [5.41, 5.74) is 1.49. The molecule has 28 heavy (non-hydrogen) atoms. The minimum absolute atomic E-state index is 0.132. The van der Waals surface area contributed by atoms with Gasteiger partial charge in [-0.1, -0.05) is 11.6 Å². The maximum absolute atomic E-state index is 13.1. The van der Waals surface area contributed by atoms with Crippen LogP contribution in [0.4, 0.5) is 15.9 Å². The van der Waals surface area contributed by atoms with Crippen molar-refractivity contribution in [1.82, 2.24) is 9.97 Å². The minimum atomic E-state index is -0.465. The lowest BCUT2D eigenvalue weighted by Gasteiger charge is -2.27. The third kappa shape index (κ3) is 4.14. The van der Waals surface area contributed by atoms with Crippen LogP contribution in [0.5, 0.6) is 0 Å². The van der Waals surface area contributed by atoms with Crippen molar-refractivity contribution in [3.05, 3.63) is 58.4 Å². The Labute approximate surface area is 169 Å². The van der Waals surface area contributed by atoms with Crippen molar-refractivity contribution < 1.29 is 13.9 Å². The Bertz CT molecular complexity index is 1010. The molecule has 1 amide bonds. The van der Waals surface area contributed by atoms with E-state index in [2.05, 4.69) is 20.2 Å². The molecule has 144 valence electrons. The normalized spacial score (nSPS) is 14.1. The summed E-state index contributed by atoms with van der Waals surface area (Å²) in [6.45, 7) is 2.94. The molecule has 1 saturated heterocycles. The number of nitrogens with zero attached hydrogens (tertiary/aromatic N) is 3. The molecule has 1 aliphatic rings. The molecule has 0 atom stereocenters. The largest absolute Gasteiger partial charge is 0.378 e. The summed E-state index contributed by atoms with van der Waals surface area (Å²) in [5, 5.41) is 5.18. The lowest BCUT2D eigenvalue weighted by molar-refractivity contribution is 0.102. The summed E-state index contributed by atoms with van der Waals surface area (Å²) in [6, 6.07) is 7.62. The third-order valence-corrected chi connectivity index (χ3v) is 5.45. The predicted octanol–water partition coefficient (Wildman–Crippen LogP) is 4.09. The van der Waals surface area contributed by atoms with Gasteiger partial charge >= 0.3 is 0 Å². The first-order valence-electron chi connectivity index (χ1n) is 8.61. The van der Waals surface area contributed by atoms with E-state index in [-0.39, 0.29) is 10.7 Å². The maximum atomic E-state index is 13.1. The van der Waals surface area contributed by atoms with Crippen molar-refractivity contribution in [1.29, 1.82) is 0 Å². The molecule has 0 spiro atoms. The second-order valence-electron chi connectivity index (χ2n) is 6.12. The standard InChI is InChI=1S/C19H16ClFN4O2S/c20-14-10-13(21)1-2-15(14)23-18(26)16-11-28-19(24-16)12-3-4-22-17(9-12)25-5-7-27-8-6-25/h1-4,9-11H,5-8H2,(H,23,26). The average Bonchev–Trinajstić information content (AvgIpc) is 3.21. The van der Waals surface area contributed by atoms with Crippen molar-refractivity contribution >= 4 is 40.4 Å². The first kappa shape index (κ1) is 18.8.